The number of rotatable bonds is 2. The molecule has 2 aliphatic heterocycles. The first-order valence-corrected chi connectivity index (χ1v) is 11.5. The predicted molar refractivity (Wildman–Crippen MR) is 119 cm³/mol. The normalized spacial score (nSPS) is 32.8. The Morgan fingerprint density at radius 3 is 2.90 bits per heavy atom. The summed E-state index contributed by atoms with van der Waals surface area (Å²) in [5, 5.41) is 24.6. The van der Waals surface area contributed by atoms with Crippen molar-refractivity contribution >= 4 is 10.9 Å². The van der Waals surface area contributed by atoms with E-state index < -0.39 is 11.0 Å². The molecule has 4 aliphatic rings. The topological polar surface area (TPSA) is 68.7 Å². The maximum atomic E-state index is 12.7. The minimum atomic E-state index is -0.936. The average Bonchev–Trinajstić information content (AvgIpc) is 3.27. The first-order valence-electron chi connectivity index (χ1n) is 11.5. The van der Waals surface area contributed by atoms with Crippen LogP contribution in [0, 0.1) is 5.92 Å². The molecule has 1 saturated heterocycles. The van der Waals surface area contributed by atoms with Gasteiger partial charge in [0, 0.05) is 35.5 Å². The molecular weight excluding hydrogens is 388 g/mol. The highest BCUT2D eigenvalue weighted by Crippen LogP contribution is 2.68. The number of aliphatic hydroxyl groups is 1. The number of piperidine rings is 1. The molecular formula is C26H28N2O3. The quantitative estimate of drug-likeness (QED) is 0.594. The standard InChI is InChI=1S/C26H28N2O3/c1-14(2)13-28-10-9-25-21-15-7-8-19(29)23(21)31-24(25)22-17(12-26(25,30)20(28)11-15)16-5-3-4-6-18(16)27-22/h3-8,14,20,24,27,29-30H,9-13H2,1-2H3/t20-,24+,25+,26-/m1/s1. The first kappa shape index (κ1) is 18.1. The lowest BCUT2D eigenvalue weighted by atomic mass is 9.49. The molecule has 0 saturated carbocycles. The van der Waals surface area contributed by atoms with Crippen LogP contribution in [0.5, 0.6) is 11.5 Å². The van der Waals surface area contributed by atoms with Gasteiger partial charge in [-0.2, -0.15) is 0 Å². The monoisotopic (exact) mass is 416 g/mol. The fourth-order valence-corrected chi connectivity index (χ4v) is 7.41. The number of phenols is 1. The number of aromatic hydroxyl groups is 1. The van der Waals surface area contributed by atoms with Crippen molar-refractivity contribution in [2.24, 2.45) is 5.92 Å². The maximum absolute atomic E-state index is 12.7. The van der Waals surface area contributed by atoms with Crippen molar-refractivity contribution < 1.29 is 14.9 Å². The molecule has 31 heavy (non-hydrogen) atoms. The number of H-pyrrole nitrogens is 1. The highest BCUT2D eigenvalue weighted by Gasteiger charge is 2.72. The Morgan fingerprint density at radius 1 is 1.23 bits per heavy atom. The number of fused-ring (bicyclic) bond motifs is 4. The zero-order valence-electron chi connectivity index (χ0n) is 18.0. The third-order valence-corrected chi connectivity index (χ3v) is 8.48. The Balaban J connectivity index is 1.54. The number of ether oxygens (including phenoxy) is 1. The first-order chi connectivity index (χ1) is 14.9. The summed E-state index contributed by atoms with van der Waals surface area (Å²) in [6.07, 6.45) is 1.93. The van der Waals surface area contributed by atoms with Crippen molar-refractivity contribution in [1.82, 2.24) is 9.88 Å². The molecule has 5 nitrogen and oxygen atoms in total. The van der Waals surface area contributed by atoms with Crippen molar-refractivity contribution in [3.63, 3.8) is 0 Å². The number of nitrogens with one attached hydrogen (secondary N) is 1. The lowest BCUT2D eigenvalue weighted by Gasteiger charge is -2.63. The number of hydrogen-bond donors (Lipinski definition) is 3. The average molecular weight is 417 g/mol. The molecule has 0 unspecified atom stereocenters. The van der Waals surface area contributed by atoms with Gasteiger partial charge in [-0.25, -0.2) is 0 Å². The summed E-state index contributed by atoms with van der Waals surface area (Å²) in [6, 6.07) is 12.2. The molecule has 7 rings (SSSR count). The van der Waals surface area contributed by atoms with E-state index in [9.17, 15) is 10.2 Å². The van der Waals surface area contributed by atoms with E-state index in [0.717, 1.165) is 42.7 Å². The van der Waals surface area contributed by atoms with Crippen LogP contribution in [-0.4, -0.2) is 44.8 Å². The number of benzene rings is 2. The van der Waals surface area contributed by atoms with Gasteiger partial charge < -0.3 is 19.9 Å². The second-order valence-electron chi connectivity index (χ2n) is 10.4. The summed E-state index contributed by atoms with van der Waals surface area (Å²) in [5.74, 6) is 1.31. The van der Waals surface area contributed by atoms with Crippen LogP contribution in [0.1, 0.15) is 48.8 Å². The van der Waals surface area contributed by atoms with E-state index >= 15 is 0 Å². The summed E-state index contributed by atoms with van der Waals surface area (Å²) in [4.78, 5) is 6.15. The molecule has 3 N–H and O–H groups in total. The van der Waals surface area contributed by atoms with Crippen LogP contribution in [0.25, 0.3) is 10.9 Å². The second kappa shape index (κ2) is 5.64. The van der Waals surface area contributed by atoms with Gasteiger partial charge in [-0.05, 0) is 48.6 Å². The summed E-state index contributed by atoms with van der Waals surface area (Å²) >= 11 is 0. The number of nitrogens with zero attached hydrogens (tertiary/aromatic N) is 1. The van der Waals surface area contributed by atoms with Crippen LogP contribution in [0.2, 0.25) is 0 Å². The molecule has 0 radical (unpaired) electrons. The van der Waals surface area contributed by atoms with Crippen molar-refractivity contribution in [3.05, 3.63) is 58.8 Å². The molecule has 1 fully saturated rings. The van der Waals surface area contributed by atoms with E-state index in [1.54, 1.807) is 6.07 Å². The Morgan fingerprint density at radius 2 is 2.06 bits per heavy atom. The van der Waals surface area contributed by atoms with E-state index in [0.29, 0.717) is 18.1 Å². The van der Waals surface area contributed by atoms with Crippen LogP contribution in [0.15, 0.2) is 36.4 Å². The highest BCUT2D eigenvalue weighted by molar-refractivity contribution is 5.86. The van der Waals surface area contributed by atoms with Crippen LogP contribution in [0.3, 0.4) is 0 Å². The number of likely N-dealkylation sites (tertiary alicyclic amines) is 1. The van der Waals surface area contributed by atoms with Crippen molar-refractivity contribution in [1.29, 1.82) is 0 Å². The third-order valence-electron chi connectivity index (χ3n) is 8.48. The van der Waals surface area contributed by atoms with Gasteiger partial charge >= 0.3 is 0 Å². The molecule has 160 valence electrons. The Hall–Kier alpha value is -2.50. The largest absolute Gasteiger partial charge is 0.504 e. The number of para-hydroxylation sites is 1. The summed E-state index contributed by atoms with van der Waals surface area (Å²) < 4.78 is 6.59. The summed E-state index contributed by atoms with van der Waals surface area (Å²) in [7, 11) is 0. The Labute approximate surface area is 181 Å². The number of phenolic OH excluding ortho intramolecular Hbond substituents is 1. The smallest absolute Gasteiger partial charge is 0.166 e. The number of hydrogen-bond acceptors (Lipinski definition) is 4. The SMILES string of the molecule is CC(C)CN1CC[C@]23c4c5ccc(O)c4O[C@H]2c2[nH]c4ccccc4c2C[C@@]3(O)[C@H]1C5. The van der Waals surface area contributed by atoms with Gasteiger partial charge in [0.15, 0.2) is 17.6 Å². The fourth-order valence-electron chi connectivity index (χ4n) is 7.41. The minimum absolute atomic E-state index is 0.0413. The zero-order valence-corrected chi connectivity index (χ0v) is 18.0. The highest BCUT2D eigenvalue weighted by atomic mass is 16.5. The zero-order chi connectivity index (χ0) is 21.1. The van der Waals surface area contributed by atoms with E-state index in [1.165, 1.54) is 16.5 Å². The van der Waals surface area contributed by atoms with Gasteiger partial charge in [-0.15, -0.1) is 0 Å². The van der Waals surface area contributed by atoms with Crippen LogP contribution in [-0.2, 0) is 18.3 Å². The maximum Gasteiger partial charge on any atom is 0.166 e. The van der Waals surface area contributed by atoms with Crippen LogP contribution in [0.4, 0.5) is 0 Å². The molecule has 5 heteroatoms. The molecule has 4 atom stereocenters. The molecule has 1 spiro atoms. The molecule has 1 aromatic heterocycles. The van der Waals surface area contributed by atoms with Crippen LogP contribution >= 0.6 is 0 Å². The predicted octanol–water partition coefficient (Wildman–Crippen LogP) is 3.82. The third kappa shape index (κ3) is 1.96. The lowest BCUT2D eigenvalue weighted by Crippen LogP contribution is -2.74. The van der Waals surface area contributed by atoms with E-state index in [2.05, 4.69) is 41.9 Å². The van der Waals surface area contributed by atoms with Crippen molar-refractivity contribution in [2.45, 2.75) is 56.3 Å². The van der Waals surface area contributed by atoms with Gasteiger partial charge in [-0.3, -0.25) is 4.90 Å². The van der Waals surface area contributed by atoms with Gasteiger partial charge in [0.25, 0.3) is 0 Å². The lowest BCUT2D eigenvalue weighted by molar-refractivity contribution is -0.174. The van der Waals surface area contributed by atoms with Gasteiger partial charge in [0.05, 0.1) is 16.7 Å². The Kier molecular flexibility index (Phi) is 3.30. The molecule has 3 aromatic rings. The molecule has 2 bridgehead atoms. The molecule has 0 amide bonds. The van der Waals surface area contributed by atoms with Gasteiger partial charge in [0.2, 0.25) is 0 Å². The molecule has 2 aromatic carbocycles. The Bertz CT molecular complexity index is 1250. The van der Waals surface area contributed by atoms with Gasteiger partial charge in [-0.1, -0.05) is 38.1 Å². The van der Waals surface area contributed by atoms with Gasteiger partial charge in [0.1, 0.15) is 0 Å². The van der Waals surface area contributed by atoms with E-state index in [1.807, 2.05) is 12.1 Å². The number of aromatic amines is 1. The second-order valence-corrected chi connectivity index (χ2v) is 10.4. The molecule has 2 aliphatic carbocycles. The summed E-state index contributed by atoms with van der Waals surface area (Å²) in [6.45, 7) is 6.42. The van der Waals surface area contributed by atoms with E-state index in [-0.39, 0.29) is 17.9 Å². The number of aromatic nitrogens is 1. The van der Waals surface area contributed by atoms with E-state index in [4.69, 9.17) is 4.74 Å². The minimum Gasteiger partial charge on any atom is -0.504 e. The van der Waals surface area contributed by atoms with Crippen molar-refractivity contribution in [2.75, 3.05) is 13.1 Å². The summed E-state index contributed by atoms with van der Waals surface area (Å²) in [5.41, 5.74) is 4.15. The van der Waals surface area contributed by atoms with Crippen molar-refractivity contribution in [3.8, 4) is 11.5 Å². The fraction of sp³-hybridized carbons (Fsp3) is 0.462. The molecule has 3 heterocycles. The van der Waals surface area contributed by atoms with Crippen LogP contribution < -0.4 is 4.74 Å².